The second kappa shape index (κ2) is 12.2. The van der Waals surface area contributed by atoms with Gasteiger partial charge in [-0.25, -0.2) is 0 Å². The molecule has 0 aliphatic heterocycles. The molecule has 0 aromatic heterocycles. The van der Waals surface area contributed by atoms with Gasteiger partial charge < -0.3 is 15.0 Å². The van der Waals surface area contributed by atoms with E-state index in [4.69, 9.17) is 4.74 Å². The molecule has 0 bridgehead atoms. The molecular weight excluding hydrogens is 436 g/mol. The van der Waals surface area contributed by atoms with Gasteiger partial charge in [-0.05, 0) is 69.0 Å². The van der Waals surface area contributed by atoms with Crippen LogP contribution in [0.2, 0.25) is 0 Å². The van der Waals surface area contributed by atoms with Crippen molar-refractivity contribution < 1.29 is 14.3 Å². The summed E-state index contributed by atoms with van der Waals surface area (Å²) in [5.41, 5.74) is 5.37. The largest absolute Gasteiger partial charge is 0.484 e. The number of rotatable bonds is 10. The van der Waals surface area contributed by atoms with Gasteiger partial charge in [0, 0.05) is 19.0 Å². The molecule has 0 unspecified atom stereocenters. The fourth-order valence-electron chi connectivity index (χ4n) is 3.86. The van der Waals surface area contributed by atoms with Crippen LogP contribution in [0.15, 0.2) is 72.8 Å². The van der Waals surface area contributed by atoms with Gasteiger partial charge in [-0.15, -0.1) is 0 Å². The fraction of sp³-hybridized carbons (Fsp3) is 0.333. The van der Waals surface area contributed by atoms with Gasteiger partial charge >= 0.3 is 0 Å². The summed E-state index contributed by atoms with van der Waals surface area (Å²) in [6.45, 7) is 10.1. The Kier molecular flexibility index (Phi) is 9.07. The van der Waals surface area contributed by atoms with Crippen molar-refractivity contribution in [2.45, 2.75) is 59.7 Å². The summed E-state index contributed by atoms with van der Waals surface area (Å²) in [7, 11) is 0. The first-order valence-electron chi connectivity index (χ1n) is 12.1. The lowest BCUT2D eigenvalue weighted by atomic mass is 10.0. The molecule has 0 saturated heterocycles. The molecule has 184 valence electrons. The summed E-state index contributed by atoms with van der Waals surface area (Å²) in [5, 5.41) is 3.01. The molecule has 1 atom stereocenters. The summed E-state index contributed by atoms with van der Waals surface area (Å²) < 4.78 is 5.88. The van der Waals surface area contributed by atoms with Crippen LogP contribution in [0, 0.1) is 20.8 Å². The van der Waals surface area contributed by atoms with Gasteiger partial charge in [-0.1, -0.05) is 66.2 Å². The van der Waals surface area contributed by atoms with Gasteiger partial charge in [0.1, 0.15) is 11.8 Å². The maximum Gasteiger partial charge on any atom is 0.261 e. The van der Waals surface area contributed by atoms with Crippen LogP contribution in [-0.4, -0.2) is 35.4 Å². The Morgan fingerprint density at radius 3 is 2.17 bits per heavy atom. The highest BCUT2D eigenvalue weighted by Gasteiger charge is 2.31. The second-order valence-corrected chi connectivity index (χ2v) is 9.41. The molecule has 5 heteroatoms. The Balaban J connectivity index is 1.90. The summed E-state index contributed by atoms with van der Waals surface area (Å²) in [5.74, 6) is 0.238. The molecule has 0 saturated carbocycles. The fourth-order valence-corrected chi connectivity index (χ4v) is 3.86. The lowest BCUT2D eigenvalue weighted by molar-refractivity contribution is -0.143. The number of carbonyl (C=O) groups excluding carboxylic acids is 2. The third-order valence-corrected chi connectivity index (χ3v) is 6.02. The number of ether oxygens (including phenoxy) is 1. The van der Waals surface area contributed by atoms with E-state index in [-0.39, 0.29) is 24.5 Å². The van der Waals surface area contributed by atoms with E-state index in [1.807, 2.05) is 107 Å². The molecule has 0 aliphatic rings. The zero-order chi connectivity index (χ0) is 25.4. The van der Waals surface area contributed by atoms with E-state index in [2.05, 4.69) is 5.32 Å². The highest BCUT2D eigenvalue weighted by atomic mass is 16.5. The van der Waals surface area contributed by atoms with Crippen molar-refractivity contribution in [2.75, 3.05) is 6.61 Å². The predicted octanol–water partition coefficient (Wildman–Crippen LogP) is 5.16. The highest BCUT2D eigenvalue weighted by molar-refractivity contribution is 5.88. The predicted molar refractivity (Wildman–Crippen MR) is 140 cm³/mol. The Labute approximate surface area is 209 Å². The van der Waals surface area contributed by atoms with Crippen LogP contribution in [0.25, 0.3) is 0 Å². The van der Waals surface area contributed by atoms with Crippen molar-refractivity contribution in [1.29, 1.82) is 0 Å². The van der Waals surface area contributed by atoms with Crippen LogP contribution in [-0.2, 0) is 22.6 Å². The molecule has 0 aliphatic carbocycles. The van der Waals surface area contributed by atoms with E-state index in [1.165, 1.54) is 0 Å². The quantitative estimate of drug-likeness (QED) is 0.444. The van der Waals surface area contributed by atoms with Crippen LogP contribution in [0.1, 0.15) is 41.7 Å². The normalized spacial score (nSPS) is 11.7. The first kappa shape index (κ1) is 26.0. The lowest BCUT2D eigenvalue weighted by Crippen LogP contribution is -2.52. The van der Waals surface area contributed by atoms with Crippen molar-refractivity contribution in [3.8, 4) is 5.75 Å². The van der Waals surface area contributed by atoms with Gasteiger partial charge in [-0.3, -0.25) is 9.59 Å². The molecule has 1 N–H and O–H groups in total. The van der Waals surface area contributed by atoms with Crippen molar-refractivity contribution in [1.82, 2.24) is 10.2 Å². The SMILES string of the molecule is Cc1ccc(CN(C(=O)COc2ccc(C)c(C)c2)[C@H](Cc2ccccc2)C(=O)NC(C)C)cc1. The number of hydrogen-bond donors (Lipinski definition) is 1. The van der Waals surface area contributed by atoms with Gasteiger partial charge in [0.25, 0.3) is 5.91 Å². The number of carbonyl (C=O) groups is 2. The number of nitrogens with zero attached hydrogens (tertiary/aromatic N) is 1. The zero-order valence-electron chi connectivity index (χ0n) is 21.4. The van der Waals surface area contributed by atoms with Crippen molar-refractivity contribution in [3.63, 3.8) is 0 Å². The van der Waals surface area contributed by atoms with Gasteiger partial charge in [0.15, 0.2) is 6.61 Å². The third-order valence-electron chi connectivity index (χ3n) is 6.02. The lowest BCUT2D eigenvalue weighted by Gasteiger charge is -2.32. The third kappa shape index (κ3) is 7.71. The molecule has 2 amide bonds. The Hall–Kier alpha value is -3.60. The Morgan fingerprint density at radius 1 is 0.857 bits per heavy atom. The van der Waals surface area contributed by atoms with E-state index >= 15 is 0 Å². The topological polar surface area (TPSA) is 58.6 Å². The van der Waals surface area contributed by atoms with Gasteiger partial charge in [-0.2, -0.15) is 0 Å². The maximum absolute atomic E-state index is 13.6. The number of benzene rings is 3. The first-order chi connectivity index (χ1) is 16.7. The van der Waals surface area contributed by atoms with Crippen LogP contribution >= 0.6 is 0 Å². The first-order valence-corrected chi connectivity index (χ1v) is 12.1. The molecule has 3 aromatic rings. The minimum atomic E-state index is -0.669. The summed E-state index contributed by atoms with van der Waals surface area (Å²) in [4.78, 5) is 28.6. The number of aryl methyl sites for hydroxylation is 3. The average Bonchev–Trinajstić information content (AvgIpc) is 2.83. The highest BCUT2D eigenvalue weighted by Crippen LogP contribution is 2.19. The Morgan fingerprint density at radius 2 is 1.54 bits per heavy atom. The number of hydrogen-bond acceptors (Lipinski definition) is 3. The van der Waals surface area contributed by atoms with Gasteiger partial charge in [0.05, 0.1) is 0 Å². The summed E-state index contributed by atoms with van der Waals surface area (Å²) in [6, 6.07) is 22.9. The van der Waals surface area contributed by atoms with Crippen LogP contribution in [0.4, 0.5) is 0 Å². The molecular formula is C30H36N2O3. The van der Waals surface area contributed by atoms with E-state index in [0.29, 0.717) is 18.7 Å². The zero-order valence-corrected chi connectivity index (χ0v) is 21.4. The van der Waals surface area contributed by atoms with E-state index in [1.54, 1.807) is 4.90 Å². The Bertz CT molecular complexity index is 1120. The molecule has 0 heterocycles. The summed E-state index contributed by atoms with van der Waals surface area (Å²) >= 11 is 0. The van der Waals surface area contributed by atoms with E-state index in [9.17, 15) is 9.59 Å². The minimum Gasteiger partial charge on any atom is -0.484 e. The van der Waals surface area contributed by atoms with Crippen molar-refractivity contribution in [2.24, 2.45) is 0 Å². The maximum atomic E-state index is 13.6. The molecule has 3 rings (SSSR count). The molecule has 35 heavy (non-hydrogen) atoms. The average molecular weight is 473 g/mol. The molecule has 5 nitrogen and oxygen atoms in total. The van der Waals surface area contributed by atoms with E-state index < -0.39 is 6.04 Å². The minimum absolute atomic E-state index is 0.0381. The molecule has 0 fully saturated rings. The molecule has 3 aromatic carbocycles. The summed E-state index contributed by atoms with van der Waals surface area (Å²) in [6.07, 6.45) is 0.417. The van der Waals surface area contributed by atoms with Crippen LogP contribution < -0.4 is 10.1 Å². The number of nitrogens with one attached hydrogen (secondary N) is 1. The van der Waals surface area contributed by atoms with Crippen molar-refractivity contribution >= 4 is 11.8 Å². The van der Waals surface area contributed by atoms with E-state index in [0.717, 1.165) is 27.8 Å². The van der Waals surface area contributed by atoms with Gasteiger partial charge in [0.2, 0.25) is 5.91 Å². The van der Waals surface area contributed by atoms with Crippen LogP contribution in [0.5, 0.6) is 5.75 Å². The molecule has 0 radical (unpaired) electrons. The smallest absolute Gasteiger partial charge is 0.261 e. The van der Waals surface area contributed by atoms with Crippen molar-refractivity contribution in [3.05, 3.63) is 101 Å². The standard InChI is InChI=1S/C30H36N2O3/c1-21(2)31-30(34)28(18-25-9-7-6-8-10-25)32(19-26-14-11-22(3)12-15-26)29(33)20-35-27-16-13-23(4)24(5)17-27/h6-17,21,28H,18-20H2,1-5H3,(H,31,34)/t28-/m1/s1. The second-order valence-electron chi connectivity index (χ2n) is 9.41. The van der Waals surface area contributed by atoms with Crippen LogP contribution in [0.3, 0.4) is 0 Å². The monoisotopic (exact) mass is 472 g/mol. The number of amides is 2. The molecule has 0 spiro atoms.